The van der Waals surface area contributed by atoms with Gasteiger partial charge in [-0.2, -0.15) is 0 Å². The van der Waals surface area contributed by atoms with Gasteiger partial charge in [0.1, 0.15) is 0 Å². The number of hydrogen-bond donors (Lipinski definition) is 1. The molecule has 19 heavy (non-hydrogen) atoms. The summed E-state index contributed by atoms with van der Waals surface area (Å²) in [6.45, 7) is 2.89. The summed E-state index contributed by atoms with van der Waals surface area (Å²) in [5.41, 5.74) is 5.30. The molecule has 0 saturated heterocycles. The zero-order chi connectivity index (χ0) is 13.8. The summed E-state index contributed by atoms with van der Waals surface area (Å²) in [5, 5.41) is 0.832. The van der Waals surface area contributed by atoms with Gasteiger partial charge in [0.2, 0.25) is 0 Å². The van der Waals surface area contributed by atoms with Crippen LogP contribution in [0.5, 0.6) is 0 Å². The summed E-state index contributed by atoms with van der Waals surface area (Å²) in [6.07, 6.45) is 8.47. The molecular weight excluding hydrogens is 302 g/mol. The number of allylic oxidation sites excluding steroid dienone is 1. The Labute approximate surface area is 125 Å². The SMILES string of the molecule is CCCCCCC=C(NOCCBr)c1ccccc1. The van der Waals surface area contributed by atoms with E-state index in [-0.39, 0.29) is 0 Å². The van der Waals surface area contributed by atoms with Crippen molar-refractivity contribution in [2.45, 2.75) is 39.0 Å². The predicted molar refractivity (Wildman–Crippen MR) is 86.1 cm³/mol. The molecule has 0 bridgehead atoms. The molecule has 0 aliphatic heterocycles. The Kier molecular flexibility index (Phi) is 9.46. The van der Waals surface area contributed by atoms with E-state index in [9.17, 15) is 0 Å². The fraction of sp³-hybridized carbons (Fsp3) is 0.500. The Balaban J connectivity index is 2.51. The molecule has 0 aliphatic rings. The summed E-state index contributed by atoms with van der Waals surface area (Å²) < 4.78 is 0. The molecule has 0 aliphatic carbocycles. The minimum Gasteiger partial charge on any atom is -0.275 e. The highest BCUT2D eigenvalue weighted by Gasteiger charge is 2.00. The van der Waals surface area contributed by atoms with Gasteiger partial charge in [-0.25, -0.2) is 0 Å². The molecule has 2 nitrogen and oxygen atoms in total. The van der Waals surface area contributed by atoms with Gasteiger partial charge in [0.05, 0.1) is 12.3 Å². The predicted octanol–water partition coefficient (Wildman–Crippen LogP) is 4.91. The summed E-state index contributed by atoms with van der Waals surface area (Å²) in [7, 11) is 0. The maximum absolute atomic E-state index is 5.41. The van der Waals surface area contributed by atoms with Gasteiger partial charge >= 0.3 is 0 Å². The van der Waals surface area contributed by atoms with E-state index >= 15 is 0 Å². The molecule has 106 valence electrons. The number of unbranched alkanes of at least 4 members (excludes halogenated alkanes) is 4. The number of hydrogen-bond acceptors (Lipinski definition) is 2. The average Bonchev–Trinajstić information content (AvgIpc) is 2.46. The fourth-order valence-corrected chi connectivity index (χ4v) is 1.98. The van der Waals surface area contributed by atoms with Crippen molar-refractivity contribution < 1.29 is 4.84 Å². The number of rotatable bonds is 10. The van der Waals surface area contributed by atoms with E-state index in [2.05, 4.69) is 46.5 Å². The minimum absolute atomic E-state index is 0.653. The first kappa shape index (κ1) is 16.3. The van der Waals surface area contributed by atoms with E-state index in [0.717, 1.165) is 17.4 Å². The van der Waals surface area contributed by atoms with E-state index < -0.39 is 0 Å². The van der Waals surface area contributed by atoms with Crippen molar-refractivity contribution in [2.24, 2.45) is 0 Å². The molecule has 0 amide bonds. The third kappa shape index (κ3) is 7.38. The van der Waals surface area contributed by atoms with Crippen LogP contribution in [-0.2, 0) is 4.84 Å². The van der Waals surface area contributed by atoms with Gasteiger partial charge in [-0.05, 0) is 18.4 Å². The highest BCUT2D eigenvalue weighted by Crippen LogP contribution is 2.13. The van der Waals surface area contributed by atoms with Gasteiger partial charge in [-0.1, -0.05) is 78.5 Å². The van der Waals surface area contributed by atoms with Gasteiger partial charge in [0.15, 0.2) is 0 Å². The molecule has 0 spiro atoms. The van der Waals surface area contributed by atoms with E-state index in [1.165, 1.54) is 31.2 Å². The second-order valence-electron chi connectivity index (χ2n) is 4.47. The Hall–Kier alpha value is -0.800. The molecule has 0 heterocycles. The van der Waals surface area contributed by atoms with E-state index in [1.807, 2.05) is 18.2 Å². The lowest BCUT2D eigenvalue weighted by molar-refractivity contribution is 0.0925. The maximum Gasteiger partial charge on any atom is 0.0842 e. The van der Waals surface area contributed by atoms with Crippen LogP contribution >= 0.6 is 15.9 Å². The molecule has 0 aromatic heterocycles. The third-order valence-electron chi connectivity index (χ3n) is 2.85. The van der Waals surface area contributed by atoms with Crippen LogP contribution in [0.2, 0.25) is 0 Å². The fourth-order valence-electron chi connectivity index (χ4n) is 1.82. The standard InChI is InChI=1S/C16H24BrNO/c1-2-3-4-5-9-12-16(18-19-14-13-17)15-10-7-6-8-11-15/h6-8,10-12,18H,2-5,9,13-14H2,1H3. The Morgan fingerprint density at radius 3 is 2.68 bits per heavy atom. The van der Waals surface area contributed by atoms with Crippen LogP contribution in [0.15, 0.2) is 36.4 Å². The zero-order valence-electron chi connectivity index (χ0n) is 11.7. The number of benzene rings is 1. The maximum atomic E-state index is 5.41. The lowest BCUT2D eigenvalue weighted by Crippen LogP contribution is -2.14. The quantitative estimate of drug-likeness (QED) is 0.374. The summed E-state index contributed by atoms with van der Waals surface area (Å²) in [6, 6.07) is 10.3. The van der Waals surface area contributed by atoms with Crippen LogP contribution in [0, 0.1) is 0 Å². The van der Waals surface area contributed by atoms with E-state index in [4.69, 9.17) is 4.84 Å². The third-order valence-corrected chi connectivity index (χ3v) is 3.18. The smallest absolute Gasteiger partial charge is 0.0842 e. The first-order chi connectivity index (χ1) is 9.38. The largest absolute Gasteiger partial charge is 0.275 e. The second-order valence-corrected chi connectivity index (χ2v) is 5.27. The molecule has 3 heteroatoms. The normalized spacial score (nSPS) is 11.6. The molecule has 0 unspecified atom stereocenters. The number of halogens is 1. The molecule has 0 fully saturated rings. The van der Waals surface area contributed by atoms with Gasteiger partial charge in [0, 0.05) is 5.33 Å². The zero-order valence-corrected chi connectivity index (χ0v) is 13.3. The van der Waals surface area contributed by atoms with Crippen molar-refractivity contribution >= 4 is 21.6 Å². The topological polar surface area (TPSA) is 21.3 Å². The molecule has 1 N–H and O–H groups in total. The lowest BCUT2D eigenvalue weighted by atomic mass is 10.1. The first-order valence-corrected chi connectivity index (χ1v) is 8.20. The Morgan fingerprint density at radius 2 is 2.00 bits per heavy atom. The number of hydroxylamine groups is 1. The highest BCUT2D eigenvalue weighted by molar-refractivity contribution is 9.09. The number of nitrogens with one attached hydrogen (secondary N) is 1. The summed E-state index contributed by atoms with van der Waals surface area (Å²) in [5.74, 6) is 0. The highest BCUT2D eigenvalue weighted by atomic mass is 79.9. The lowest BCUT2D eigenvalue weighted by Gasteiger charge is -2.11. The van der Waals surface area contributed by atoms with Crippen LogP contribution in [0.4, 0.5) is 0 Å². The summed E-state index contributed by atoms with van der Waals surface area (Å²) >= 11 is 3.35. The van der Waals surface area contributed by atoms with Gasteiger partial charge < -0.3 is 0 Å². The van der Waals surface area contributed by atoms with Gasteiger partial charge in [-0.3, -0.25) is 10.3 Å². The van der Waals surface area contributed by atoms with Crippen molar-refractivity contribution in [3.63, 3.8) is 0 Å². The first-order valence-electron chi connectivity index (χ1n) is 7.07. The summed E-state index contributed by atoms with van der Waals surface area (Å²) in [4.78, 5) is 5.41. The van der Waals surface area contributed by atoms with Crippen LogP contribution in [0.25, 0.3) is 5.70 Å². The molecule has 0 radical (unpaired) electrons. The Bertz CT molecular complexity index is 351. The van der Waals surface area contributed by atoms with Crippen molar-refractivity contribution in [2.75, 3.05) is 11.9 Å². The van der Waals surface area contributed by atoms with E-state index in [1.54, 1.807) is 0 Å². The molecule has 0 atom stereocenters. The van der Waals surface area contributed by atoms with Crippen molar-refractivity contribution in [1.29, 1.82) is 0 Å². The Morgan fingerprint density at radius 1 is 1.21 bits per heavy atom. The second kappa shape index (κ2) is 11.1. The molecule has 1 aromatic rings. The van der Waals surface area contributed by atoms with Crippen LogP contribution in [0.3, 0.4) is 0 Å². The van der Waals surface area contributed by atoms with Gasteiger partial charge in [0.25, 0.3) is 0 Å². The van der Waals surface area contributed by atoms with Crippen molar-refractivity contribution in [1.82, 2.24) is 5.48 Å². The van der Waals surface area contributed by atoms with Crippen molar-refractivity contribution in [3.8, 4) is 0 Å². The van der Waals surface area contributed by atoms with Crippen LogP contribution in [0.1, 0.15) is 44.6 Å². The molecule has 1 aromatic carbocycles. The van der Waals surface area contributed by atoms with Crippen molar-refractivity contribution in [3.05, 3.63) is 42.0 Å². The molecule has 0 saturated carbocycles. The minimum atomic E-state index is 0.653. The van der Waals surface area contributed by atoms with Gasteiger partial charge in [-0.15, -0.1) is 0 Å². The molecule has 1 rings (SSSR count). The molecular formula is C16H24BrNO. The van der Waals surface area contributed by atoms with Crippen LogP contribution in [-0.4, -0.2) is 11.9 Å². The monoisotopic (exact) mass is 325 g/mol. The van der Waals surface area contributed by atoms with Crippen LogP contribution < -0.4 is 5.48 Å². The number of alkyl halides is 1. The average molecular weight is 326 g/mol. The van der Waals surface area contributed by atoms with E-state index in [0.29, 0.717) is 6.61 Å².